The van der Waals surface area contributed by atoms with Gasteiger partial charge in [0.2, 0.25) is 0 Å². The Kier molecular flexibility index (Phi) is 9.35. The lowest BCUT2D eigenvalue weighted by Gasteiger charge is -2.34. The van der Waals surface area contributed by atoms with E-state index in [1.807, 2.05) is 12.1 Å². The van der Waals surface area contributed by atoms with Crippen molar-refractivity contribution in [3.05, 3.63) is 76.3 Å². The first-order valence-corrected chi connectivity index (χ1v) is 13.8. The number of carbonyl (C=O) groups is 1. The lowest BCUT2D eigenvalue weighted by molar-refractivity contribution is 0.0673. The molecule has 1 saturated heterocycles. The first-order valence-electron chi connectivity index (χ1n) is 13.8. The normalized spacial score (nSPS) is 19.0. The van der Waals surface area contributed by atoms with Crippen molar-refractivity contribution >= 4 is 29.1 Å². The SMILES string of the molecule is COc1ccc2c(CC(O)CN3CCCCC(CN4CCc5cc(C)c(C)cc5C4=O)C3)cccc2c1.Cl. The number of nitrogens with zero attached hydrogens (tertiary/aromatic N) is 2. The van der Waals surface area contributed by atoms with Crippen molar-refractivity contribution in [1.29, 1.82) is 0 Å². The molecule has 0 aromatic heterocycles. The number of fused-ring (bicyclic) bond motifs is 2. The van der Waals surface area contributed by atoms with Gasteiger partial charge in [-0.2, -0.15) is 0 Å². The second-order valence-corrected chi connectivity index (χ2v) is 11.1. The summed E-state index contributed by atoms with van der Waals surface area (Å²) in [6.07, 6.45) is 4.60. The molecule has 0 bridgehead atoms. The highest BCUT2D eigenvalue weighted by Crippen LogP contribution is 2.27. The van der Waals surface area contributed by atoms with Crippen LogP contribution in [0.1, 0.15) is 51.9 Å². The van der Waals surface area contributed by atoms with E-state index in [1.165, 1.54) is 34.1 Å². The van der Waals surface area contributed by atoms with E-state index in [4.69, 9.17) is 4.74 Å². The number of rotatable bonds is 7. The molecule has 1 N–H and O–H groups in total. The predicted octanol–water partition coefficient (Wildman–Crippen LogP) is 5.59. The summed E-state index contributed by atoms with van der Waals surface area (Å²) in [6, 6.07) is 16.7. The summed E-state index contributed by atoms with van der Waals surface area (Å²) >= 11 is 0. The number of aliphatic hydroxyl groups excluding tert-OH is 1. The van der Waals surface area contributed by atoms with Crippen LogP contribution in [0.2, 0.25) is 0 Å². The molecule has 0 radical (unpaired) electrons. The molecule has 38 heavy (non-hydrogen) atoms. The maximum atomic E-state index is 13.3. The van der Waals surface area contributed by atoms with Gasteiger partial charge >= 0.3 is 0 Å². The van der Waals surface area contributed by atoms with Crippen molar-refractivity contribution < 1.29 is 14.6 Å². The minimum atomic E-state index is -0.429. The molecule has 5 rings (SSSR count). The summed E-state index contributed by atoms with van der Waals surface area (Å²) < 4.78 is 5.37. The van der Waals surface area contributed by atoms with Crippen LogP contribution in [0, 0.1) is 19.8 Å². The lowest BCUT2D eigenvalue weighted by Crippen LogP contribution is -2.44. The summed E-state index contributed by atoms with van der Waals surface area (Å²) in [6.45, 7) is 8.44. The fourth-order valence-electron chi connectivity index (χ4n) is 6.18. The number of ether oxygens (including phenoxy) is 1. The molecule has 3 aromatic carbocycles. The zero-order valence-electron chi connectivity index (χ0n) is 22.9. The van der Waals surface area contributed by atoms with Gasteiger partial charge in [-0.15, -0.1) is 12.4 Å². The van der Waals surface area contributed by atoms with Gasteiger partial charge < -0.3 is 19.6 Å². The van der Waals surface area contributed by atoms with Gasteiger partial charge in [-0.3, -0.25) is 4.79 Å². The van der Waals surface area contributed by atoms with Gasteiger partial charge in [0, 0.05) is 38.2 Å². The van der Waals surface area contributed by atoms with Gasteiger partial charge in [0.15, 0.2) is 0 Å². The Balaban J connectivity index is 0.00000336. The number of methoxy groups -OCH3 is 1. The molecular weight excluding hydrogens is 496 g/mol. The fraction of sp³-hybridized carbons (Fsp3) is 0.469. The minimum Gasteiger partial charge on any atom is -0.497 e. The molecule has 3 aromatic rings. The molecule has 6 heteroatoms. The number of benzene rings is 3. The molecular formula is C32H41ClN2O3. The summed E-state index contributed by atoms with van der Waals surface area (Å²) in [7, 11) is 1.69. The molecule has 1 amide bonds. The standard InChI is InChI=1S/C32H40N2O3.ClH/c1-22-15-27-12-14-34(32(36)31(27)16-23(22)2)20-24-7-4-5-13-33(19-24)21-28(35)17-25-8-6-9-26-18-29(37-3)10-11-30(25)26;/h6,8-11,15-16,18,24,28,35H,4-5,7,12-14,17,19-21H2,1-3H3;1H. The smallest absolute Gasteiger partial charge is 0.254 e. The molecule has 5 nitrogen and oxygen atoms in total. The average Bonchev–Trinajstić information content (AvgIpc) is 3.11. The van der Waals surface area contributed by atoms with E-state index in [9.17, 15) is 9.90 Å². The number of aliphatic hydroxyl groups is 1. The number of β-amino-alcohol motifs (C(OH)–C–C–N with tert-alkyl or cyclic N) is 1. The van der Waals surface area contributed by atoms with Crippen molar-refractivity contribution in [2.75, 3.05) is 39.8 Å². The van der Waals surface area contributed by atoms with Crippen LogP contribution in [0.5, 0.6) is 5.75 Å². The molecule has 1 fully saturated rings. The van der Waals surface area contributed by atoms with Crippen LogP contribution in [-0.2, 0) is 12.8 Å². The molecule has 0 saturated carbocycles. The lowest BCUT2D eigenvalue weighted by atomic mass is 9.93. The Morgan fingerprint density at radius 2 is 1.87 bits per heavy atom. The number of likely N-dealkylation sites (tertiary alicyclic amines) is 1. The molecule has 2 aliphatic heterocycles. The van der Waals surface area contributed by atoms with Crippen molar-refractivity contribution in [2.45, 2.75) is 52.1 Å². The summed E-state index contributed by atoms with van der Waals surface area (Å²) in [4.78, 5) is 17.8. The van der Waals surface area contributed by atoms with E-state index >= 15 is 0 Å². The van der Waals surface area contributed by atoms with Gasteiger partial charge in [-0.25, -0.2) is 0 Å². The highest BCUT2D eigenvalue weighted by molar-refractivity contribution is 5.97. The van der Waals surface area contributed by atoms with Crippen LogP contribution < -0.4 is 4.74 Å². The molecule has 204 valence electrons. The van der Waals surface area contributed by atoms with E-state index in [2.05, 4.69) is 60.0 Å². The third kappa shape index (κ3) is 6.33. The van der Waals surface area contributed by atoms with E-state index in [1.54, 1.807) is 7.11 Å². The second kappa shape index (κ2) is 12.5. The van der Waals surface area contributed by atoms with Crippen LogP contribution in [0.25, 0.3) is 10.8 Å². The second-order valence-electron chi connectivity index (χ2n) is 11.1. The highest BCUT2D eigenvalue weighted by atomic mass is 35.5. The molecule has 0 spiro atoms. The van der Waals surface area contributed by atoms with Crippen LogP contribution in [-0.4, -0.2) is 66.8 Å². The minimum absolute atomic E-state index is 0. The zero-order valence-corrected chi connectivity index (χ0v) is 23.7. The molecule has 2 atom stereocenters. The molecule has 2 aliphatic rings. The van der Waals surface area contributed by atoms with E-state index in [0.29, 0.717) is 18.9 Å². The van der Waals surface area contributed by atoms with E-state index < -0.39 is 6.10 Å². The number of hydrogen-bond donors (Lipinski definition) is 1. The Morgan fingerprint density at radius 3 is 2.68 bits per heavy atom. The summed E-state index contributed by atoms with van der Waals surface area (Å²) in [5.74, 6) is 1.48. The number of hydrogen-bond acceptors (Lipinski definition) is 4. The van der Waals surface area contributed by atoms with Crippen LogP contribution >= 0.6 is 12.4 Å². The van der Waals surface area contributed by atoms with Gasteiger partial charge in [-0.1, -0.05) is 36.8 Å². The molecule has 2 unspecified atom stereocenters. The summed E-state index contributed by atoms with van der Waals surface area (Å²) in [5, 5.41) is 13.4. The highest BCUT2D eigenvalue weighted by Gasteiger charge is 2.29. The Bertz CT molecular complexity index is 1280. The third-order valence-electron chi connectivity index (χ3n) is 8.32. The number of halogens is 1. The van der Waals surface area contributed by atoms with E-state index in [0.717, 1.165) is 62.1 Å². The first-order chi connectivity index (χ1) is 17.9. The van der Waals surface area contributed by atoms with Crippen LogP contribution in [0.4, 0.5) is 0 Å². The van der Waals surface area contributed by atoms with Gasteiger partial charge in [-0.05, 0) is 96.8 Å². The predicted molar refractivity (Wildman–Crippen MR) is 157 cm³/mol. The van der Waals surface area contributed by atoms with Gasteiger partial charge in [0.25, 0.3) is 5.91 Å². The quantitative estimate of drug-likeness (QED) is 0.427. The Labute approximate surface area is 233 Å². The first kappa shape index (κ1) is 28.4. The molecule has 2 heterocycles. The zero-order chi connectivity index (χ0) is 25.9. The van der Waals surface area contributed by atoms with E-state index in [-0.39, 0.29) is 18.3 Å². The number of amides is 1. The van der Waals surface area contributed by atoms with Crippen molar-refractivity contribution in [2.24, 2.45) is 5.92 Å². The molecule has 0 aliphatic carbocycles. The largest absolute Gasteiger partial charge is 0.497 e. The van der Waals surface area contributed by atoms with Crippen molar-refractivity contribution in [1.82, 2.24) is 9.80 Å². The van der Waals surface area contributed by atoms with Gasteiger partial charge in [0.05, 0.1) is 13.2 Å². The van der Waals surface area contributed by atoms with Crippen LogP contribution in [0.15, 0.2) is 48.5 Å². The van der Waals surface area contributed by atoms with Crippen molar-refractivity contribution in [3.63, 3.8) is 0 Å². The Hall–Kier alpha value is -2.60. The summed E-state index contributed by atoms with van der Waals surface area (Å²) in [5.41, 5.74) is 5.71. The van der Waals surface area contributed by atoms with Crippen LogP contribution in [0.3, 0.4) is 0 Å². The monoisotopic (exact) mass is 536 g/mol. The van der Waals surface area contributed by atoms with Crippen molar-refractivity contribution in [3.8, 4) is 5.75 Å². The maximum Gasteiger partial charge on any atom is 0.254 e. The average molecular weight is 537 g/mol. The Morgan fingerprint density at radius 1 is 1.05 bits per heavy atom. The maximum absolute atomic E-state index is 13.3. The number of carbonyl (C=O) groups excluding carboxylic acids is 1. The van der Waals surface area contributed by atoms with Gasteiger partial charge in [0.1, 0.15) is 5.75 Å². The number of aryl methyl sites for hydroxylation is 2. The third-order valence-corrected chi connectivity index (χ3v) is 8.32. The fourth-order valence-corrected chi connectivity index (χ4v) is 6.18. The topological polar surface area (TPSA) is 53.0 Å².